The van der Waals surface area contributed by atoms with Crippen LogP contribution in [0.3, 0.4) is 0 Å². The maximum absolute atomic E-state index is 14.7. The van der Waals surface area contributed by atoms with Crippen LogP contribution in [0.5, 0.6) is 0 Å². The van der Waals surface area contributed by atoms with Gasteiger partial charge in [-0.05, 0) is 99.2 Å². The molecule has 2 amide bonds. The van der Waals surface area contributed by atoms with Crippen molar-refractivity contribution in [3.8, 4) is 0 Å². The standard InChI is InChI=1S/C34H52N8O2/c1-23-10-8-9-21-41(23)29-31(44)42(34(36-29)19-15-26(16-20-34)33(5,6)7)27(17-18-32(2,3)4)24-11-13-25(14-12-24)30(43)35-22-28-37-39-40-38-28/h11-14,23,26-27H,8-10,15-22H2,1-7H3,(H,35,43)(H,37,38,39,40)/t23-,26?,27-,34?/m1/s1. The third-order valence-corrected chi connectivity index (χ3v) is 10.1. The molecule has 10 nitrogen and oxygen atoms in total. The Morgan fingerprint density at radius 3 is 2.36 bits per heavy atom. The fourth-order valence-corrected chi connectivity index (χ4v) is 7.32. The average molecular weight is 605 g/mol. The fourth-order valence-electron chi connectivity index (χ4n) is 7.32. The zero-order valence-corrected chi connectivity index (χ0v) is 27.8. The summed E-state index contributed by atoms with van der Waals surface area (Å²) in [4.78, 5) is 37.5. The number of carbonyl (C=O) groups excluding carboxylic acids is 2. The molecule has 1 aliphatic carbocycles. The number of aromatic nitrogens is 4. The van der Waals surface area contributed by atoms with Crippen molar-refractivity contribution in [3.05, 3.63) is 41.2 Å². The quantitative estimate of drug-likeness (QED) is 0.397. The lowest BCUT2D eigenvalue weighted by Crippen LogP contribution is -2.53. The second-order valence-corrected chi connectivity index (χ2v) is 15.5. The maximum Gasteiger partial charge on any atom is 0.291 e. The number of nitrogens with zero attached hydrogens (tertiary/aromatic N) is 6. The second kappa shape index (κ2) is 12.6. The minimum absolute atomic E-state index is 0.0776. The van der Waals surface area contributed by atoms with Crippen molar-refractivity contribution in [1.82, 2.24) is 35.7 Å². The topological polar surface area (TPSA) is 119 Å². The first-order valence-electron chi connectivity index (χ1n) is 16.6. The molecule has 1 spiro atoms. The first-order valence-corrected chi connectivity index (χ1v) is 16.6. The molecule has 1 saturated carbocycles. The summed E-state index contributed by atoms with van der Waals surface area (Å²) in [5, 5.41) is 16.6. The van der Waals surface area contributed by atoms with E-state index in [1.807, 2.05) is 24.3 Å². The van der Waals surface area contributed by atoms with E-state index >= 15 is 0 Å². The van der Waals surface area contributed by atoms with Gasteiger partial charge in [0.25, 0.3) is 11.8 Å². The van der Waals surface area contributed by atoms with Crippen LogP contribution in [0.1, 0.15) is 134 Å². The van der Waals surface area contributed by atoms with Crippen molar-refractivity contribution >= 4 is 17.6 Å². The number of piperidine rings is 1. The average Bonchev–Trinajstić information content (AvgIpc) is 3.59. The molecule has 0 radical (unpaired) electrons. The fraction of sp³-hybridized carbons (Fsp3) is 0.706. The van der Waals surface area contributed by atoms with Gasteiger partial charge in [-0.3, -0.25) is 9.59 Å². The van der Waals surface area contributed by atoms with E-state index in [0.29, 0.717) is 29.2 Å². The van der Waals surface area contributed by atoms with E-state index in [0.717, 1.165) is 63.5 Å². The monoisotopic (exact) mass is 604 g/mol. The summed E-state index contributed by atoms with van der Waals surface area (Å²) in [6, 6.07) is 7.96. The van der Waals surface area contributed by atoms with Crippen molar-refractivity contribution in [3.63, 3.8) is 0 Å². The Bertz CT molecular complexity index is 1310. The summed E-state index contributed by atoms with van der Waals surface area (Å²) in [5.74, 6) is 1.58. The number of rotatable bonds is 7. The zero-order chi connectivity index (χ0) is 31.7. The molecule has 3 aliphatic rings. The number of aliphatic imine (C=N–C) groups is 1. The molecular formula is C34H52N8O2. The Morgan fingerprint density at radius 2 is 1.77 bits per heavy atom. The second-order valence-electron chi connectivity index (χ2n) is 15.5. The van der Waals surface area contributed by atoms with Crippen LogP contribution in [-0.2, 0) is 11.3 Å². The number of tetrazole rings is 1. The Kier molecular flexibility index (Phi) is 9.19. The highest BCUT2D eigenvalue weighted by Crippen LogP contribution is 2.50. The van der Waals surface area contributed by atoms with Crippen LogP contribution in [0.25, 0.3) is 0 Å². The lowest BCUT2D eigenvalue weighted by atomic mass is 9.69. The molecule has 1 saturated heterocycles. The smallest absolute Gasteiger partial charge is 0.291 e. The van der Waals surface area contributed by atoms with Crippen molar-refractivity contribution in [2.75, 3.05) is 6.54 Å². The number of aromatic amines is 1. The third-order valence-electron chi connectivity index (χ3n) is 10.1. The van der Waals surface area contributed by atoms with Gasteiger partial charge in [0.15, 0.2) is 11.7 Å². The highest BCUT2D eigenvalue weighted by Gasteiger charge is 2.54. The normalized spacial score (nSPS) is 25.3. The van der Waals surface area contributed by atoms with Gasteiger partial charge in [0.05, 0.1) is 12.6 Å². The Labute approximate surface area is 262 Å². The van der Waals surface area contributed by atoms with Gasteiger partial charge in [-0.1, -0.05) is 58.9 Å². The molecule has 0 unspecified atom stereocenters. The molecule has 5 rings (SSSR count). The van der Waals surface area contributed by atoms with E-state index in [2.05, 4.69) is 84.2 Å². The molecule has 240 valence electrons. The van der Waals surface area contributed by atoms with Gasteiger partial charge in [0, 0.05) is 18.2 Å². The van der Waals surface area contributed by atoms with Crippen molar-refractivity contribution < 1.29 is 9.59 Å². The molecule has 2 atom stereocenters. The van der Waals surface area contributed by atoms with Gasteiger partial charge in [0.1, 0.15) is 5.66 Å². The van der Waals surface area contributed by atoms with E-state index < -0.39 is 5.66 Å². The van der Waals surface area contributed by atoms with Crippen molar-refractivity contribution in [1.29, 1.82) is 0 Å². The highest BCUT2D eigenvalue weighted by molar-refractivity contribution is 6.39. The van der Waals surface area contributed by atoms with Gasteiger partial charge in [-0.2, -0.15) is 5.21 Å². The SMILES string of the molecule is C[C@@H]1CCCCN1C1=NC2(CCC(C(C)(C)C)CC2)N([C@H](CCC(C)(C)C)c2ccc(C(=O)NCc3nn[nH]n3)cc2)C1=O. The van der Waals surface area contributed by atoms with Crippen LogP contribution in [-0.4, -0.2) is 66.3 Å². The lowest BCUT2D eigenvalue weighted by molar-refractivity contribution is -0.134. The van der Waals surface area contributed by atoms with Gasteiger partial charge in [0.2, 0.25) is 0 Å². The number of likely N-dealkylation sites (tertiary alicyclic amines) is 1. The molecule has 1 aromatic heterocycles. The predicted octanol–water partition coefficient (Wildman–Crippen LogP) is 6.04. The number of amidine groups is 1. The lowest BCUT2D eigenvalue weighted by Gasteiger charge is -2.47. The Balaban J connectivity index is 1.47. The van der Waals surface area contributed by atoms with Crippen LogP contribution < -0.4 is 5.32 Å². The third kappa shape index (κ3) is 6.99. The summed E-state index contributed by atoms with van der Waals surface area (Å²) in [6.07, 6.45) is 9.07. The van der Waals surface area contributed by atoms with Gasteiger partial charge in [-0.25, -0.2) is 4.99 Å². The number of benzene rings is 1. The van der Waals surface area contributed by atoms with Crippen LogP contribution in [0.4, 0.5) is 0 Å². The van der Waals surface area contributed by atoms with Gasteiger partial charge >= 0.3 is 0 Å². The van der Waals surface area contributed by atoms with E-state index in [9.17, 15) is 9.59 Å². The molecule has 0 bridgehead atoms. The highest BCUT2D eigenvalue weighted by atomic mass is 16.2. The number of carbonyl (C=O) groups is 2. The molecule has 1 aromatic carbocycles. The number of hydrogen-bond donors (Lipinski definition) is 2. The van der Waals surface area contributed by atoms with Crippen molar-refractivity contribution in [2.45, 2.75) is 131 Å². The predicted molar refractivity (Wildman–Crippen MR) is 172 cm³/mol. The summed E-state index contributed by atoms with van der Waals surface area (Å²) in [5.41, 5.74) is 1.42. The molecule has 2 aliphatic heterocycles. The number of amides is 2. The summed E-state index contributed by atoms with van der Waals surface area (Å²) in [7, 11) is 0. The maximum atomic E-state index is 14.7. The Morgan fingerprint density at radius 1 is 1.07 bits per heavy atom. The first-order chi connectivity index (χ1) is 20.8. The largest absolute Gasteiger partial charge is 0.350 e. The zero-order valence-electron chi connectivity index (χ0n) is 27.8. The number of hydrogen-bond acceptors (Lipinski definition) is 7. The minimum atomic E-state index is -0.533. The van der Waals surface area contributed by atoms with Crippen molar-refractivity contribution in [2.24, 2.45) is 21.7 Å². The van der Waals surface area contributed by atoms with Crippen LogP contribution >= 0.6 is 0 Å². The van der Waals surface area contributed by atoms with Crippen LogP contribution in [0.2, 0.25) is 0 Å². The number of H-pyrrole nitrogens is 1. The van der Waals surface area contributed by atoms with Gasteiger partial charge in [-0.15, -0.1) is 10.2 Å². The molecule has 10 heteroatoms. The molecule has 2 N–H and O–H groups in total. The molecule has 2 fully saturated rings. The first kappa shape index (κ1) is 32.1. The van der Waals surface area contributed by atoms with Crippen LogP contribution in [0.15, 0.2) is 29.3 Å². The minimum Gasteiger partial charge on any atom is -0.350 e. The number of nitrogens with one attached hydrogen (secondary N) is 2. The van der Waals surface area contributed by atoms with E-state index in [1.54, 1.807) is 0 Å². The van der Waals surface area contributed by atoms with E-state index in [4.69, 9.17) is 4.99 Å². The molecule has 3 heterocycles. The van der Waals surface area contributed by atoms with E-state index in [-0.39, 0.29) is 35.2 Å². The summed E-state index contributed by atoms with van der Waals surface area (Å²) >= 11 is 0. The molecule has 2 aromatic rings. The molecular weight excluding hydrogens is 552 g/mol. The molecule has 44 heavy (non-hydrogen) atoms. The Hall–Kier alpha value is -3.30. The van der Waals surface area contributed by atoms with Gasteiger partial charge < -0.3 is 15.1 Å². The summed E-state index contributed by atoms with van der Waals surface area (Å²) < 4.78 is 0. The van der Waals surface area contributed by atoms with E-state index in [1.165, 1.54) is 6.42 Å². The van der Waals surface area contributed by atoms with Crippen LogP contribution in [0, 0.1) is 16.7 Å². The summed E-state index contributed by atoms with van der Waals surface area (Å²) in [6.45, 7) is 17.1.